The average molecular weight is 208 g/mol. The minimum absolute atomic E-state index is 0.188. The molecule has 5 nitrogen and oxygen atoms in total. The molecule has 78 valence electrons. The Labute approximate surface area is 84.9 Å². The van der Waals surface area contributed by atoms with E-state index in [1.807, 2.05) is 0 Å². The van der Waals surface area contributed by atoms with Gasteiger partial charge in [0.1, 0.15) is 0 Å². The van der Waals surface area contributed by atoms with E-state index in [1.54, 1.807) is 0 Å². The molecule has 2 N–H and O–H groups in total. The topological polar surface area (TPSA) is 83.8 Å². The van der Waals surface area contributed by atoms with E-state index in [1.165, 1.54) is 12.1 Å². The van der Waals surface area contributed by atoms with Crippen molar-refractivity contribution in [3.8, 4) is 0 Å². The predicted molar refractivity (Wildman–Crippen MR) is 48.9 cm³/mol. The van der Waals surface area contributed by atoms with Gasteiger partial charge in [0.2, 0.25) is 0 Å². The minimum atomic E-state index is -1.23. The molecule has 1 aliphatic rings. The Morgan fingerprint density at radius 3 is 1.73 bits per heavy atom. The Hall–Kier alpha value is -1.88. The Morgan fingerprint density at radius 2 is 1.40 bits per heavy atom. The molecule has 1 aliphatic heterocycles. The van der Waals surface area contributed by atoms with Crippen molar-refractivity contribution < 1.29 is 24.5 Å². The van der Waals surface area contributed by atoms with E-state index in [9.17, 15) is 9.59 Å². The van der Waals surface area contributed by atoms with E-state index in [0.29, 0.717) is 13.2 Å². The third-order valence-corrected chi connectivity index (χ3v) is 2.32. The summed E-state index contributed by atoms with van der Waals surface area (Å²) in [7, 11) is 0. The van der Waals surface area contributed by atoms with Crippen LogP contribution in [0.25, 0.3) is 0 Å². The van der Waals surface area contributed by atoms with E-state index in [-0.39, 0.29) is 11.1 Å². The second-order valence-corrected chi connectivity index (χ2v) is 3.27. The smallest absolute Gasteiger partial charge is 0.336 e. The van der Waals surface area contributed by atoms with Crippen LogP contribution >= 0.6 is 0 Å². The molecule has 0 spiro atoms. The van der Waals surface area contributed by atoms with Crippen molar-refractivity contribution in [3.05, 3.63) is 34.4 Å². The lowest BCUT2D eigenvalue weighted by atomic mass is 10.00. The van der Waals surface area contributed by atoms with Crippen LogP contribution in [0.5, 0.6) is 0 Å². The summed E-state index contributed by atoms with van der Waals surface area (Å²) in [6.45, 7) is 0.686. The number of hydrogen-bond acceptors (Lipinski definition) is 3. The van der Waals surface area contributed by atoms with Gasteiger partial charge >= 0.3 is 11.9 Å². The number of ether oxygens (including phenoxy) is 1. The molecule has 0 unspecified atom stereocenters. The van der Waals surface area contributed by atoms with Gasteiger partial charge in [-0.15, -0.1) is 0 Å². The quantitative estimate of drug-likeness (QED) is 0.760. The standard InChI is InChI=1S/C10H8O5/c11-9(12)7-1-5-3-15-4-6(5)2-8(7)10(13)14/h1-2H,3-4H2,(H,11,12)(H,13,14). The molecular weight excluding hydrogens is 200 g/mol. The monoisotopic (exact) mass is 208 g/mol. The molecular formula is C10H8O5. The van der Waals surface area contributed by atoms with E-state index in [4.69, 9.17) is 14.9 Å². The average Bonchev–Trinajstić information content (AvgIpc) is 2.61. The highest BCUT2D eigenvalue weighted by Gasteiger charge is 2.21. The summed E-state index contributed by atoms with van der Waals surface area (Å²) >= 11 is 0. The molecule has 0 bridgehead atoms. The number of hydrogen-bond donors (Lipinski definition) is 2. The normalized spacial score (nSPS) is 13.6. The Morgan fingerprint density at radius 1 is 1.00 bits per heavy atom. The van der Waals surface area contributed by atoms with Crippen LogP contribution in [0.3, 0.4) is 0 Å². The van der Waals surface area contributed by atoms with Crippen LogP contribution in [0.4, 0.5) is 0 Å². The third-order valence-electron chi connectivity index (χ3n) is 2.32. The van der Waals surface area contributed by atoms with Crippen LogP contribution in [0.2, 0.25) is 0 Å². The summed E-state index contributed by atoms with van der Waals surface area (Å²) in [4.78, 5) is 21.6. The molecule has 0 atom stereocenters. The number of benzene rings is 1. The summed E-state index contributed by atoms with van der Waals surface area (Å²) in [5.41, 5.74) is 1.12. The fourth-order valence-electron chi connectivity index (χ4n) is 1.58. The third kappa shape index (κ3) is 1.57. The largest absolute Gasteiger partial charge is 0.478 e. The maximum Gasteiger partial charge on any atom is 0.336 e. The second-order valence-electron chi connectivity index (χ2n) is 3.27. The van der Waals surface area contributed by atoms with Crippen LogP contribution in [0.15, 0.2) is 12.1 Å². The molecule has 2 rings (SSSR count). The first-order valence-corrected chi connectivity index (χ1v) is 4.29. The highest BCUT2D eigenvalue weighted by molar-refractivity contribution is 6.02. The molecule has 15 heavy (non-hydrogen) atoms. The summed E-state index contributed by atoms with van der Waals surface area (Å²) in [6, 6.07) is 2.74. The summed E-state index contributed by atoms with van der Waals surface area (Å²) in [5.74, 6) is -2.47. The lowest BCUT2D eigenvalue weighted by Gasteiger charge is -2.04. The fraction of sp³-hybridized carbons (Fsp3) is 0.200. The summed E-state index contributed by atoms with van der Waals surface area (Å²) in [6.07, 6.45) is 0. The summed E-state index contributed by atoms with van der Waals surface area (Å²) < 4.78 is 5.10. The van der Waals surface area contributed by atoms with Crippen molar-refractivity contribution in [1.82, 2.24) is 0 Å². The number of fused-ring (bicyclic) bond motifs is 1. The van der Waals surface area contributed by atoms with E-state index >= 15 is 0 Å². The zero-order valence-corrected chi connectivity index (χ0v) is 7.69. The van der Waals surface area contributed by atoms with E-state index < -0.39 is 11.9 Å². The number of carboxylic acid groups (broad SMARTS) is 2. The van der Waals surface area contributed by atoms with Crippen LogP contribution in [-0.2, 0) is 18.0 Å². The van der Waals surface area contributed by atoms with Crippen LogP contribution < -0.4 is 0 Å². The molecule has 0 amide bonds. The molecule has 5 heteroatoms. The van der Waals surface area contributed by atoms with Crippen molar-refractivity contribution in [2.75, 3.05) is 0 Å². The number of rotatable bonds is 2. The van der Waals surface area contributed by atoms with Gasteiger partial charge in [0.05, 0.1) is 24.3 Å². The summed E-state index contributed by atoms with van der Waals surface area (Å²) in [5, 5.41) is 17.7. The van der Waals surface area contributed by atoms with Crippen LogP contribution in [0, 0.1) is 0 Å². The number of aromatic carboxylic acids is 2. The molecule has 1 aromatic rings. The van der Waals surface area contributed by atoms with Crippen molar-refractivity contribution in [2.45, 2.75) is 13.2 Å². The Balaban J connectivity index is 2.62. The SMILES string of the molecule is O=C(O)c1cc2c(cc1C(=O)O)COC2. The van der Waals surface area contributed by atoms with Gasteiger partial charge in [-0.1, -0.05) is 0 Å². The van der Waals surface area contributed by atoms with Gasteiger partial charge in [-0.05, 0) is 23.3 Å². The number of carbonyl (C=O) groups is 2. The fourth-order valence-corrected chi connectivity index (χ4v) is 1.58. The Kier molecular flexibility index (Phi) is 2.17. The van der Waals surface area contributed by atoms with Gasteiger partial charge in [-0.2, -0.15) is 0 Å². The molecule has 0 fully saturated rings. The first-order chi connectivity index (χ1) is 7.09. The van der Waals surface area contributed by atoms with Gasteiger partial charge in [0.15, 0.2) is 0 Å². The Bertz CT molecular complexity index is 408. The van der Waals surface area contributed by atoms with Gasteiger partial charge < -0.3 is 14.9 Å². The van der Waals surface area contributed by atoms with Gasteiger partial charge in [-0.3, -0.25) is 0 Å². The lowest BCUT2D eigenvalue weighted by Crippen LogP contribution is -2.09. The second kappa shape index (κ2) is 3.36. The van der Waals surface area contributed by atoms with Crippen molar-refractivity contribution in [2.24, 2.45) is 0 Å². The van der Waals surface area contributed by atoms with Gasteiger partial charge in [0, 0.05) is 0 Å². The lowest BCUT2D eigenvalue weighted by molar-refractivity contribution is 0.0651. The molecule has 1 aromatic carbocycles. The maximum atomic E-state index is 10.8. The first-order valence-electron chi connectivity index (χ1n) is 4.29. The zero-order chi connectivity index (χ0) is 11.0. The molecule has 1 heterocycles. The molecule has 0 saturated heterocycles. The predicted octanol–water partition coefficient (Wildman–Crippen LogP) is 1.11. The van der Waals surface area contributed by atoms with Crippen molar-refractivity contribution >= 4 is 11.9 Å². The van der Waals surface area contributed by atoms with Crippen LogP contribution in [-0.4, -0.2) is 22.2 Å². The first kappa shape index (κ1) is 9.67. The van der Waals surface area contributed by atoms with Gasteiger partial charge in [0.25, 0.3) is 0 Å². The van der Waals surface area contributed by atoms with E-state index in [2.05, 4.69) is 0 Å². The molecule has 0 saturated carbocycles. The zero-order valence-electron chi connectivity index (χ0n) is 7.69. The van der Waals surface area contributed by atoms with E-state index in [0.717, 1.165) is 11.1 Å². The molecule has 0 radical (unpaired) electrons. The van der Waals surface area contributed by atoms with Crippen LogP contribution in [0.1, 0.15) is 31.8 Å². The molecule has 0 aromatic heterocycles. The highest BCUT2D eigenvalue weighted by Crippen LogP contribution is 2.24. The minimum Gasteiger partial charge on any atom is -0.478 e. The van der Waals surface area contributed by atoms with Crippen molar-refractivity contribution in [1.29, 1.82) is 0 Å². The van der Waals surface area contributed by atoms with Crippen molar-refractivity contribution in [3.63, 3.8) is 0 Å². The molecule has 0 aliphatic carbocycles. The number of carboxylic acids is 2. The van der Waals surface area contributed by atoms with Gasteiger partial charge in [-0.25, -0.2) is 9.59 Å². The maximum absolute atomic E-state index is 10.8. The highest BCUT2D eigenvalue weighted by atomic mass is 16.5.